The van der Waals surface area contributed by atoms with Crippen LogP contribution in [-0.2, 0) is 19.1 Å². The third-order valence-electron chi connectivity index (χ3n) is 4.16. The standard InChI is InChI=1S/C14H22N2O4/c1-4-16(11-9-20-12(17)10(11)2)13(18)14(19-3)5-7-15-8-6-14/h15H,4-9H2,1-3H3. The number of cyclic esters (lactones) is 1. The first kappa shape index (κ1) is 15.0. The van der Waals surface area contributed by atoms with Crippen LogP contribution in [0.1, 0.15) is 26.7 Å². The van der Waals surface area contributed by atoms with Crippen LogP contribution in [0, 0.1) is 0 Å². The highest BCUT2D eigenvalue weighted by Gasteiger charge is 2.44. The van der Waals surface area contributed by atoms with Crippen molar-refractivity contribution in [2.75, 3.05) is 33.4 Å². The minimum atomic E-state index is -0.791. The van der Waals surface area contributed by atoms with Crippen molar-refractivity contribution in [2.45, 2.75) is 32.3 Å². The van der Waals surface area contributed by atoms with Crippen LogP contribution < -0.4 is 5.32 Å². The molecule has 2 aliphatic heterocycles. The summed E-state index contributed by atoms with van der Waals surface area (Å²) in [5.41, 5.74) is 0.387. The molecule has 1 amide bonds. The molecule has 0 unspecified atom stereocenters. The lowest BCUT2D eigenvalue weighted by Gasteiger charge is -2.38. The second-order valence-electron chi connectivity index (χ2n) is 5.15. The molecule has 0 saturated carbocycles. The summed E-state index contributed by atoms with van der Waals surface area (Å²) in [6.07, 6.45) is 1.28. The van der Waals surface area contributed by atoms with E-state index in [-0.39, 0.29) is 18.5 Å². The Morgan fingerprint density at radius 1 is 1.45 bits per heavy atom. The van der Waals surface area contributed by atoms with Crippen LogP contribution in [0.15, 0.2) is 11.3 Å². The molecule has 2 heterocycles. The zero-order valence-electron chi connectivity index (χ0n) is 12.3. The van der Waals surface area contributed by atoms with E-state index >= 15 is 0 Å². The Labute approximate surface area is 119 Å². The summed E-state index contributed by atoms with van der Waals surface area (Å²) in [7, 11) is 1.58. The van der Waals surface area contributed by atoms with Crippen molar-refractivity contribution in [1.29, 1.82) is 0 Å². The van der Waals surface area contributed by atoms with E-state index in [4.69, 9.17) is 9.47 Å². The first-order chi connectivity index (χ1) is 9.55. The Kier molecular flexibility index (Phi) is 4.45. The maximum Gasteiger partial charge on any atom is 0.336 e. The highest BCUT2D eigenvalue weighted by Crippen LogP contribution is 2.29. The molecule has 0 aromatic heterocycles. The van der Waals surface area contributed by atoms with Crippen molar-refractivity contribution in [2.24, 2.45) is 0 Å². The van der Waals surface area contributed by atoms with Crippen molar-refractivity contribution >= 4 is 11.9 Å². The van der Waals surface area contributed by atoms with Gasteiger partial charge in [-0.25, -0.2) is 4.79 Å². The van der Waals surface area contributed by atoms with Gasteiger partial charge in [0.15, 0.2) is 0 Å². The van der Waals surface area contributed by atoms with Gasteiger partial charge in [-0.05, 0) is 39.8 Å². The Balaban J connectivity index is 2.27. The molecule has 0 aromatic rings. The molecule has 20 heavy (non-hydrogen) atoms. The number of nitrogens with one attached hydrogen (secondary N) is 1. The van der Waals surface area contributed by atoms with Crippen LogP contribution in [0.3, 0.4) is 0 Å². The van der Waals surface area contributed by atoms with Gasteiger partial charge in [-0.15, -0.1) is 0 Å². The third-order valence-corrected chi connectivity index (χ3v) is 4.16. The number of rotatable bonds is 4. The van der Waals surface area contributed by atoms with E-state index in [1.807, 2.05) is 6.92 Å². The molecular formula is C14H22N2O4. The molecule has 0 atom stereocenters. The first-order valence-corrected chi connectivity index (χ1v) is 7.00. The highest BCUT2D eigenvalue weighted by molar-refractivity contribution is 5.94. The Hall–Kier alpha value is -1.40. The molecule has 1 fully saturated rings. The average molecular weight is 282 g/mol. The number of likely N-dealkylation sites (N-methyl/N-ethyl adjacent to an activating group) is 1. The molecule has 2 rings (SSSR count). The van der Waals surface area contributed by atoms with E-state index in [0.717, 1.165) is 13.1 Å². The molecule has 0 aromatic carbocycles. The predicted octanol–water partition coefficient (Wildman–Crippen LogP) is 0.434. The summed E-state index contributed by atoms with van der Waals surface area (Å²) < 4.78 is 10.6. The second-order valence-corrected chi connectivity index (χ2v) is 5.15. The van der Waals surface area contributed by atoms with E-state index in [9.17, 15) is 9.59 Å². The summed E-state index contributed by atoms with van der Waals surface area (Å²) in [6, 6.07) is 0. The molecule has 0 radical (unpaired) electrons. The van der Waals surface area contributed by atoms with Crippen LogP contribution in [0.2, 0.25) is 0 Å². The quantitative estimate of drug-likeness (QED) is 0.758. The third kappa shape index (κ3) is 2.45. The largest absolute Gasteiger partial charge is 0.456 e. The van der Waals surface area contributed by atoms with Crippen LogP contribution in [0.25, 0.3) is 0 Å². The van der Waals surface area contributed by atoms with E-state index in [1.54, 1.807) is 18.9 Å². The van der Waals surface area contributed by atoms with Crippen molar-refractivity contribution < 1.29 is 19.1 Å². The Morgan fingerprint density at radius 2 is 2.10 bits per heavy atom. The topological polar surface area (TPSA) is 67.9 Å². The number of piperidine rings is 1. The van der Waals surface area contributed by atoms with E-state index in [2.05, 4.69) is 5.32 Å². The monoisotopic (exact) mass is 282 g/mol. The first-order valence-electron chi connectivity index (χ1n) is 7.00. The summed E-state index contributed by atoms with van der Waals surface area (Å²) in [4.78, 5) is 26.0. The molecule has 6 heteroatoms. The maximum absolute atomic E-state index is 12.9. The fraction of sp³-hybridized carbons (Fsp3) is 0.714. The van der Waals surface area contributed by atoms with E-state index < -0.39 is 5.60 Å². The molecule has 112 valence electrons. The van der Waals surface area contributed by atoms with Crippen LogP contribution in [0.5, 0.6) is 0 Å². The lowest BCUT2D eigenvalue weighted by atomic mass is 9.90. The number of hydrogen-bond acceptors (Lipinski definition) is 5. The summed E-state index contributed by atoms with van der Waals surface area (Å²) in [6.45, 7) is 5.77. The molecule has 0 spiro atoms. The van der Waals surface area contributed by atoms with Gasteiger partial charge in [-0.1, -0.05) is 0 Å². The Bertz CT molecular complexity index is 438. The maximum atomic E-state index is 12.9. The molecule has 1 N–H and O–H groups in total. The smallest absolute Gasteiger partial charge is 0.336 e. The fourth-order valence-corrected chi connectivity index (χ4v) is 2.79. The van der Waals surface area contributed by atoms with Crippen molar-refractivity contribution in [3.05, 3.63) is 11.3 Å². The van der Waals surface area contributed by atoms with Gasteiger partial charge in [-0.3, -0.25) is 4.79 Å². The van der Waals surface area contributed by atoms with Crippen molar-refractivity contribution in [3.8, 4) is 0 Å². The average Bonchev–Trinajstić information content (AvgIpc) is 2.81. The number of carbonyl (C=O) groups excluding carboxylic acids is 2. The van der Waals surface area contributed by atoms with Gasteiger partial charge in [0.1, 0.15) is 12.2 Å². The lowest BCUT2D eigenvalue weighted by Crippen LogP contribution is -2.55. The second kappa shape index (κ2) is 5.93. The van der Waals surface area contributed by atoms with Gasteiger partial charge < -0.3 is 19.7 Å². The number of nitrogens with zero attached hydrogens (tertiary/aromatic N) is 1. The highest BCUT2D eigenvalue weighted by atomic mass is 16.5. The van der Waals surface area contributed by atoms with Gasteiger partial charge in [0.2, 0.25) is 0 Å². The van der Waals surface area contributed by atoms with E-state index in [0.29, 0.717) is 30.7 Å². The Morgan fingerprint density at radius 3 is 2.55 bits per heavy atom. The van der Waals surface area contributed by atoms with E-state index in [1.165, 1.54) is 0 Å². The van der Waals surface area contributed by atoms with Gasteiger partial charge in [-0.2, -0.15) is 0 Å². The van der Waals surface area contributed by atoms with Crippen molar-refractivity contribution in [1.82, 2.24) is 10.2 Å². The number of carbonyl (C=O) groups is 2. The van der Waals surface area contributed by atoms with Gasteiger partial charge >= 0.3 is 5.97 Å². The summed E-state index contributed by atoms with van der Waals surface area (Å²) in [5, 5.41) is 3.23. The minimum Gasteiger partial charge on any atom is -0.456 e. The molecule has 6 nitrogen and oxygen atoms in total. The zero-order chi connectivity index (χ0) is 14.8. The summed E-state index contributed by atoms with van der Waals surface area (Å²) in [5.74, 6) is -0.417. The van der Waals surface area contributed by atoms with Crippen LogP contribution in [0.4, 0.5) is 0 Å². The number of hydrogen-bond donors (Lipinski definition) is 1. The number of ether oxygens (including phenoxy) is 2. The molecule has 0 bridgehead atoms. The van der Waals surface area contributed by atoms with Gasteiger partial charge in [0, 0.05) is 13.7 Å². The van der Waals surface area contributed by atoms with Gasteiger partial charge in [0.05, 0.1) is 11.3 Å². The number of esters is 1. The predicted molar refractivity (Wildman–Crippen MR) is 72.9 cm³/mol. The fourth-order valence-electron chi connectivity index (χ4n) is 2.79. The molecule has 2 aliphatic rings. The van der Waals surface area contributed by atoms with Crippen molar-refractivity contribution in [3.63, 3.8) is 0 Å². The SMILES string of the molecule is CCN(C(=O)C1(OC)CCNCC1)C1=C(C)C(=O)OC1. The van der Waals surface area contributed by atoms with Crippen LogP contribution in [-0.4, -0.2) is 55.7 Å². The molecule has 0 aliphatic carbocycles. The minimum absolute atomic E-state index is 0.0725. The molecule has 1 saturated heterocycles. The zero-order valence-corrected chi connectivity index (χ0v) is 12.3. The number of amides is 1. The van der Waals surface area contributed by atoms with Crippen LogP contribution >= 0.6 is 0 Å². The summed E-state index contributed by atoms with van der Waals surface area (Å²) >= 11 is 0. The van der Waals surface area contributed by atoms with Gasteiger partial charge in [0.25, 0.3) is 5.91 Å². The lowest BCUT2D eigenvalue weighted by molar-refractivity contribution is -0.156. The number of methoxy groups -OCH3 is 1. The molecular weight excluding hydrogens is 260 g/mol. The normalized spacial score (nSPS) is 21.9.